The Morgan fingerprint density at radius 2 is 1.53 bits per heavy atom. The van der Waals surface area contributed by atoms with Crippen LogP contribution in [0.4, 0.5) is 5.69 Å². The Labute approximate surface area is 178 Å². The molecule has 0 spiro atoms. The van der Waals surface area contributed by atoms with Crippen molar-refractivity contribution in [2.75, 3.05) is 49.7 Å². The fourth-order valence-corrected chi connectivity index (χ4v) is 9.15. The summed E-state index contributed by atoms with van der Waals surface area (Å²) in [7, 11) is -5.70. The standard InChI is InChI=1S/C21H26N2O5S2/c1-28-18-7-9-19(10-8-18)30(26,27)21-16-29(24,25)15-20(21)23-13-11-22(12-14-23)17-5-3-2-4-6-17/h2-10,20-21H,11-16H2,1H3. The Kier molecular flexibility index (Phi) is 5.78. The van der Waals surface area contributed by atoms with Gasteiger partial charge < -0.3 is 9.64 Å². The highest BCUT2D eigenvalue weighted by Crippen LogP contribution is 2.31. The Morgan fingerprint density at radius 1 is 0.900 bits per heavy atom. The molecule has 2 aliphatic rings. The molecule has 0 N–H and O–H groups in total. The van der Waals surface area contributed by atoms with Gasteiger partial charge in [-0.25, -0.2) is 16.8 Å². The van der Waals surface area contributed by atoms with Crippen molar-refractivity contribution < 1.29 is 21.6 Å². The molecule has 0 amide bonds. The summed E-state index contributed by atoms with van der Waals surface area (Å²) in [6.45, 7) is 2.72. The number of rotatable bonds is 5. The number of benzene rings is 2. The van der Waals surface area contributed by atoms with Crippen molar-refractivity contribution in [1.82, 2.24) is 4.90 Å². The molecule has 2 aromatic carbocycles. The maximum Gasteiger partial charge on any atom is 0.183 e. The fraction of sp³-hybridized carbons (Fsp3) is 0.429. The number of anilines is 1. The summed E-state index contributed by atoms with van der Waals surface area (Å²) in [5, 5.41) is -0.959. The van der Waals surface area contributed by atoms with Crippen LogP contribution in [0.5, 0.6) is 5.75 Å². The van der Waals surface area contributed by atoms with Crippen molar-refractivity contribution in [1.29, 1.82) is 0 Å². The zero-order valence-electron chi connectivity index (χ0n) is 16.8. The first kappa shape index (κ1) is 21.1. The number of methoxy groups -OCH3 is 1. The molecule has 2 atom stereocenters. The largest absolute Gasteiger partial charge is 0.497 e. The molecular formula is C21H26N2O5S2. The fourth-order valence-electron chi connectivity index (χ4n) is 4.32. The highest BCUT2D eigenvalue weighted by atomic mass is 32.2. The first-order valence-electron chi connectivity index (χ1n) is 9.92. The molecule has 30 heavy (non-hydrogen) atoms. The highest BCUT2D eigenvalue weighted by molar-refractivity contribution is 7.96. The van der Waals surface area contributed by atoms with Crippen LogP contribution in [-0.2, 0) is 19.7 Å². The third-order valence-electron chi connectivity index (χ3n) is 5.96. The SMILES string of the molecule is COc1ccc(S(=O)(=O)C2CS(=O)(=O)CC2N2CCN(c3ccccc3)CC2)cc1. The molecule has 2 aromatic rings. The molecule has 2 heterocycles. The summed E-state index contributed by atoms with van der Waals surface area (Å²) in [6.07, 6.45) is 0. The molecule has 0 radical (unpaired) electrons. The lowest BCUT2D eigenvalue weighted by atomic mass is 10.1. The van der Waals surface area contributed by atoms with Crippen LogP contribution in [-0.4, -0.2) is 77.8 Å². The predicted molar refractivity (Wildman–Crippen MR) is 117 cm³/mol. The molecule has 4 rings (SSSR count). The minimum Gasteiger partial charge on any atom is -0.497 e. The third kappa shape index (κ3) is 4.19. The van der Waals surface area contributed by atoms with Gasteiger partial charge in [-0.1, -0.05) is 18.2 Å². The molecule has 2 unspecified atom stereocenters. The Bertz CT molecular complexity index is 1080. The van der Waals surface area contributed by atoms with Crippen molar-refractivity contribution in [2.45, 2.75) is 16.2 Å². The van der Waals surface area contributed by atoms with E-state index in [1.54, 1.807) is 12.1 Å². The molecule has 0 aromatic heterocycles. The molecule has 0 saturated carbocycles. The van der Waals surface area contributed by atoms with Gasteiger partial charge in [0, 0.05) is 37.9 Å². The van der Waals surface area contributed by atoms with Crippen LogP contribution in [0.1, 0.15) is 0 Å². The molecule has 162 valence electrons. The van der Waals surface area contributed by atoms with Gasteiger partial charge in [-0.2, -0.15) is 0 Å². The number of sulfone groups is 2. The third-order valence-corrected chi connectivity index (χ3v) is 10.1. The quantitative estimate of drug-likeness (QED) is 0.682. The molecule has 2 aliphatic heterocycles. The molecule has 0 aliphatic carbocycles. The van der Waals surface area contributed by atoms with Gasteiger partial charge in [-0.3, -0.25) is 4.90 Å². The van der Waals surface area contributed by atoms with Crippen molar-refractivity contribution in [2.24, 2.45) is 0 Å². The van der Waals surface area contributed by atoms with Crippen LogP contribution < -0.4 is 9.64 Å². The lowest BCUT2D eigenvalue weighted by Gasteiger charge is -2.40. The lowest BCUT2D eigenvalue weighted by Crippen LogP contribution is -2.55. The number of ether oxygens (including phenoxy) is 1. The van der Waals surface area contributed by atoms with Gasteiger partial charge in [0.05, 0.1) is 28.8 Å². The van der Waals surface area contributed by atoms with E-state index in [4.69, 9.17) is 4.74 Å². The average molecular weight is 451 g/mol. The van der Waals surface area contributed by atoms with Gasteiger partial charge in [0.1, 0.15) is 5.75 Å². The molecule has 7 nitrogen and oxygen atoms in total. The first-order chi connectivity index (χ1) is 14.3. The summed E-state index contributed by atoms with van der Waals surface area (Å²) in [5.74, 6) is 0.116. The van der Waals surface area contributed by atoms with E-state index in [1.807, 2.05) is 35.2 Å². The van der Waals surface area contributed by atoms with Crippen LogP contribution in [0.3, 0.4) is 0 Å². The van der Waals surface area contributed by atoms with E-state index in [2.05, 4.69) is 4.90 Å². The van der Waals surface area contributed by atoms with Gasteiger partial charge in [-0.15, -0.1) is 0 Å². The van der Waals surface area contributed by atoms with Crippen LogP contribution in [0.25, 0.3) is 0 Å². The summed E-state index contributed by atoms with van der Waals surface area (Å²) in [5.41, 5.74) is 1.12. The average Bonchev–Trinajstić information content (AvgIpc) is 3.11. The molecule has 9 heteroatoms. The maximum atomic E-state index is 13.3. The van der Waals surface area contributed by atoms with Gasteiger partial charge in [-0.05, 0) is 36.4 Å². The van der Waals surface area contributed by atoms with E-state index < -0.39 is 31.0 Å². The second kappa shape index (κ2) is 8.20. The Hall–Kier alpha value is -2.10. The zero-order valence-corrected chi connectivity index (χ0v) is 18.5. The number of piperazine rings is 1. The molecule has 2 fully saturated rings. The molecule has 0 bridgehead atoms. The van der Waals surface area contributed by atoms with E-state index in [0.29, 0.717) is 18.8 Å². The van der Waals surface area contributed by atoms with Crippen molar-refractivity contribution >= 4 is 25.4 Å². The lowest BCUT2D eigenvalue weighted by molar-refractivity contribution is 0.201. The van der Waals surface area contributed by atoms with Gasteiger partial charge in [0.25, 0.3) is 0 Å². The van der Waals surface area contributed by atoms with Crippen LogP contribution in [0, 0.1) is 0 Å². The molecular weight excluding hydrogens is 424 g/mol. The van der Waals surface area contributed by atoms with E-state index in [-0.39, 0.29) is 16.4 Å². The van der Waals surface area contributed by atoms with Crippen molar-refractivity contribution in [3.63, 3.8) is 0 Å². The summed E-state index contributed by atoms with van der Waals surface area (Å²) >= 11 is 0. The minimum absolute atomic E-state index is 0.113. The minimum atomic E-state index is -3.79. The van der Waals surface area contributed by atoms with E-state index in [1.165, 1.54) is 19.2 Å². The van der Waals surface area contributed by atoms with Gasteiger partial charge in [0.15, 0.2) is 19.7 Å². The number of nitrogens with zero attached hydrogens (tertiary/aromatic N) is 2. The smallest absolute Gasteiger partial charge is 0.183 e. The van der Waals surface area contributed by atoms with E-state index in [9.17, 15) is 16.8 Å². The second-order valence-electron chi connectivity index (χ2n) is 7.76. The number of para-hydroxylation sites is 1. The monoisotopic (exact) mass is 450 g/mol. The first-order valence-corrected chi connectivity index (χ1v) is 13.3. The van der Waals surface area contributed by atoms with Crippen LogP contribution in [0.2, 0.25) is 0 Å². The second-order valence-corrected chi connectivity index (χ2v) is 12.1. The highest BCUT2D eigenvalue weighted by Gasteiger charge is 2.48. The Morgan fingerprint density at radius 3 is 2.13 bits per heavy atom. The topological polar surface area (TPSA) is 84.0 Å². The number of hydrogen-bond acceptors (Lipinski definition) is 7. The summed E-state index contributed by atoms with van der Waals surface area (Å²) in [4.78, 5) is 4.42. The summed E-state index contributed by atoms with van der Waals surface area (Å²) < 4.78 is 56.6. The summed E-state index contributed by atoms with van der Waals surface area (Å²) in [6, 6.07) is 15.7. The van der Waals surface area contributed by atoms with Crippen LogP contribution in [0.15, 0.2) is 59.5 Å². The zero-order chi connectivity index (χ0) is 21.4. The van der Waals surface area contributed by atoms with E-state index >= 15 is 0 Å². The Balaban J connectivity index is 1.54. The van der Waals surface area contributed by atoms with Crippen molar-refractivity contribution in [3.05, 3.63) is 54.6 Å². The number of hydrogen-bond donors (Lipinski definition) is 0. The molecule has 2 saturated heterocycles. The normalized spacial score (nSPS) is 24.6. The van der Waals surface area contributed by atoms with Crippen molar-refractivity contribution in [3.8, 4) is 5.75 Å². The predicted octanol–water partition coefficient (Wildman–Crippen LogP) is 1.46. The van der Waals surface area contributed by atoms with Gasteiger partial charge in [0.2, 0.25) is 0 Å². The van der Waals surface area contributed by atoms with Crippen LogP contribution >= 0.6 is 0 Å². The van der Waals surface area contributed by atoms with Gasteiger partial charge >= 0.3 is 0 Å². The maximum absolute atomic E-state index is 13.3. The van der Waals surface area contributed by atoms with E-state index in [0.717, 1.165) is 18.8 Å².